The Morgan fingerprint density at radius 1 is 0.833 bits per heavy atom. The standard InChI is InChI=1S/C18H22/c1-2-4-9-8(3-1)16(9)14-6-11-10-5-15-17-12(10)7-13(11)18(14,15)17/h8-13,15,17H,1-7H2/t8-,9+,10?,11?,12?,13?,15?,17?,18?. The van der Waals surface area contributed by atoms with E-state index >= 15 is 0 Å². The Kier molecular flexibility index (Phi) is 1.11. The molecule has 7 aliphatic carbocycles. The van der Waals surface area contributed by atoms with Crippen LogP contribution in [0.5, 0.6) is 0 Å². The molecule has 0 amide bonds. The van der Waals surface area contributed by atoms with Crippen molar-refractivity contribution >= 4 is 0 Å². The zero-order chi connectivity index (χ0) is 11.2. The molecule has 0 nitrogen and oxygen atoms in total. The fourth-order valence-electron chi connectivity index (χ4n) is 8.88. The van der Waals surface area contributed by atoms with Crippen molar-refractivity contribution < 1.29 is 0 Å². The van der Waals surface area contributed by atoms with Gasteiger partial charge in [-0.3, -0.25) is 0 Å². The quantitative estimate of drug-likeness (QED) is 0.559. The predicted molar refractivity (Wildman–Crippen MR) is 69.7 cm³/mol. The third-order valence-electron chi connectivity index (χ3n) is 9.00. The minimum absolute atomic E-state index is 0.886. The maximum absolute atomic E-state index is 2.13. The minimum Gasteiger partial charge on any atom is -0.0630 e. The van der Waals surface area contributed by atoms with Gasteiger partial charge in [0.05, 0.1) is 0 Å². The molecule has 18 heavy (non-hydrogen) atoms. The summed E-state index contributed by atoms with van der Waals surface area (Å²) in [5, 5.41) is 0. The van der Waals surface area contributed by atoms with E-state index in [9.17, 15) is 0 Å². The number of rotatable bonds is 0. The monoisotopic (exact) mass is 238 g/mol. The van der Waals surface area contributed by atoms with Gasteiger partial charge in [-0.1, -0.05) is 24.0 Å². The molecule has 0 aromatic heterocycles. The van der Waals surface area contributed by atoms with Gasteiger partial charge < -0.3 is 0 Å². The Morgan fingerprint density at radius 2 is 1.61 bits per heavy atom. The average molecular weight is 238 g/mol. The van der Waals surface area contributed by atoms with E-state index in [-0.39, 0.29) is 0 Å². The molecule has 94 valence electrons. The first-order valence-electron chi connectivity index (χ1n) is 8.65. The number of allylic oxidation sites excluding steroid dienone is 2. The maximum Gasteiger partial charge on any atom is 0.00114 e. The SMILES string of the molecule is C1CC[C@H]2C(=C3CC4C5CC6C7C5CC4C367)[C@H]2C1. The first kappa shape index (κ1) is 8.82. The molecule has 7 saturated carbocycles. The lowest BCUT2D eigenvalue weighted by atomic mass is 9.74. The second-order valence-electron chi connectivity index (χ2n) is 8.77. The molecular weight excluding hydrogens is 216 g/mol. The van der Waals surface area contributed by atoms with E-state index in [0.717, 1.165) is 17.3 Å². The summed E-state index contributed by atoms with van der Waals surface area (Å²) < 4.78 is 0. The van der Waals surface area contributed by atoms with Gasteiger partial charge in [-0.25, -0.2) is 0 Å². The second-order valence-corrected chi connectivity index (χ2v) is 8.77. The van der Waals surface area contributed by atoms with Crippen LogP contribution in [-0.4, -0.2) is 0 Å². The van der Waals surface area contributed by atoms with Gasteiger partial charge in [0.25, 0.3) is 0 Å². The summed E-state index contributed by atoms with van der Waals surface area (Å²) in [7, 11) is 0. The van der Waals surface area contributed by atoms with Crippen LogP contribution < -0.4 is 0 Å². The minimum atomic E-state index is 0.886. The molecule has 9 atom stereocenters. The third-order valence-corrected chi connectivity index (χ3v) is 9.00. The van der Waals surface area contributed by atoms with Gasteiger partial charge in [0.2, 0.25) is 0 Å². The number of hydrogen-bond acceptors (Lipinski definition) is 0. The van der Waals surface area contributed by atoms with Crippen LogP contribution in [0.4, 0.5) is 0 Å². The number of fused-ring (bicyclic) bond motifs is 2. The van der Waals surface area contributed by atoms with E-state index in [2.05, 4.69) is 11.1 Å². The van der Waals surface area contributed by atoms with Crippen molar-refractivity contribution in [1.29, 1.82) is 0 Å². The topological polar surface area (TPSA) is 0 Å². The highest BCUT2D eigenvalue weighted by molar-refractivity contribution is 5.53. The van der Waals surface area contributed by atoms with Crippen molar-refractivity contribution in [3.63, 3.8) is 0 Å². The highest BCUT2D eigenvalue weighted by atomic mass is 14.9. The lowest BCUT2D eigenvalue weighted by Gasteiger charge is -2.29. The van der Waals surface area contributed by atoms with Gasteiger partial charge in [0, 0.05) is 5.41 Å². The molecule has 7 unspecified atom stereocenters. The summed E-state index contributed by atoms with van der Waals surface area (Å²) in [6, 6.07) is 0. The Hall–Kier alpha value is -0.260. The Labute approximate surface area is 109 Å². The molecule has 1 spiro atoms. The predicted octanol–water partition coefficient (Wildman–Crippen LogP) is 4.02. The average Bonchev–Trinajstić information content (AvgIpc) is 3.08. The molecular formula is C18H22. The lowest BCUT2D eigenvalue weighted by molar-refractivity contribution is 0.190. The van der Waals surface area contributed by atoms with Crippen LogP contribution in [0.2, 0.25) is 0 Å². The van der Waals surface area contributed by atoms with Crippen molar-refractivity contribution in [2.24, 2.45) is 52.8 Å². The zero-order valence-corrected chi connectivity index (χ0v) is 11.1. The van der Waals surface area contributed by atoms with Gasteiger partial charge in [-0.05, 0) is 79.4 Å². The lowest BCUT2D eigenvalue weighted by Crippen LogP contribution is -2.25. The summed E-state index contributed by atoms with van der Waals surface area (Å²) >= 11 is 0. The van der Waals surface area contributed by atoms with Crippen LogP contribution >= 0.6 is 0 Å². The van der Waals surface area contributed by atoms with Crippen molar-refractivity contribution in [1.82, 2.24) is 0 Å². The summed E-state index contributed by atoms with van der Waals surface area (Å²) in [5.74, 6) is 9.51. The smallest absolute Gasteiger partial charge is 0.00114 e. The summed E-state index contributed by atoms with van der Waals surface area (Å²) in [6.07, 6.45) is 11.1. The van der Waals surface area contributed by atoms with Crippen molar-refractivity contribution in [2.45, 2.75) is 44.9 Å². The molecule has 0 heteroatoms. The molecule has 7 rings (SSSR count). The summed E-state index contributed by atoms with van der Waals surface area (Å²) in [4.78, 5) is 0. The van der Waals surface area contributed by atoms with Crippen molar-refractivity contribution in [2.75, 3.05) is 0 Å². The van der Waals surface area contributed by atoms with Gasteiger partial charge in [-0.2, -0.15) is 0 Å². The normalized spacial score (nSPS) is 76.0. The fraction of sp³-hybridized carbons (Fsp3) is 0.889. The van der Waals surface area contributed by atoms with Gasteiger partial charge in [0.15, 0.2) is 0 Å². The van der Waals surface area contributed by atoms with Gasteiger partial charge in [0.1, 0.15) is 0 Å². The molecule has 7 fully saturated rings. The first-order valence-corrected chi connectivity index (χ1v) is 8.65. The Morgan fingerprint density at radius 3 is 2.39 bits per heavy atom. The second kappa shape index (κ2) is 2.27. The van der Waals surface area contributed by atoms with Crippen molar-refractivity contribution in [3.8, 4) is 0 Å². The highest BCUT2D eigenvalue weighted by Gasteiger charge is 2.88. The third kappa shape index (κ3) is 0.612. The summed E-state index contributed by atoms with van der Waals surface area (Å²) in [6.45, 7) is 0. The Balaban J connectivity index is 1.45. The van der Waals surface area contributed by atoms with Crippen LogP contribution in [0.25, 0.3) is 0 Å². The Bertz CT molecular complexity index is 508. The van der Waals surface area contributed by atoms with Gasteiger partial charge in [-0.15, -0.1) is 0 Å². The van der Waals surface area contributed by atoms with Crippen LogP contribution in [0.1, 0.15) is 44.9 Å². The molecule has 0 N–H and O–H groups in total. The first-order chi connectivity index (χ1) is 8.92. The molecule has 0 aliphatic heterocycles. The molecule has 0 aromatic carbocycles. The van der Waals surface area contributed by atoms with E-state index in [1.807, 2.05) is 0 Å². The molecule has 2 bridgehead atoms. The van der Waals surface area contributed by atoms with E-state index in [1.165, 1.54) is 48.3 Å². The maximum atomic E-state index is 2.13. The van der Waals surface area contributed by atoms with Crippen LogP contribution in [-0.2, 0) is 0 Å². The number of hydrogen-bond donors (Lipinski definition) is 0. The molecule has 0 saturated heterocycles. The summed E-state index contributed by atoms with van der Waals surface area (Å²) in [5.41, 5.74) is 5.10. The molecule has 0 radical (unpaired) electrons. The fourth-order valence-corrected chi connectivity index (χ4v) is 8.88. The van der Waals surface area contributed by atoms with Crippen LogP contribution in [0.15, 0.2) is 11.1 Å². The van der Waals surface area contributed by atoms with Gasteiger partial charge >= 0.3 is 0 Å². The molecule has 0 heterocycles. The van der Waals surface area contributed by atoms with E-state index < -0.39 is 0 Å². The largest absolute Gasteiger partial charge is 0.0630 e. The highest BCUT2D eigenvalue weighted by Crippen LogP contribution is 2.94. The van der Waals surface area contributed by atoms with Crippen LogP contribution in [0.3, 0.4) is 0 Å². The van der Waals surface area contributed by atoms with Crippen molar-refractivity contribution in [3.05, 3.63) is 11.1 Å². The van der Waals surface area contributed by atoms with E-state index in [0.29, 0.717) is 0 Å². The van der Waals surface area contributed by atoms with E-state index in [4.69, 9.17) is 0 Å². The molecule has 0 aromatic rings. The zero-order valence-electron chi connectivity index (χ0n) is 11.1. The molecule has 7 aliphatic rings. The van der Waals surface area contributed by atoms with E-state index in [1.54, 1.807) is 32.1 Å². The van der Waals surface area contributed by atoms with Crippen LogP contribution in [0, 0.1) is 52.8 Å².